The maximum atomic E-state index is 9.78. The minimum Gasteiger partial charge on any atom is -0.389 e. The molecule has 1 atom stereocenters. The number of hydrogen-bond donors (Lipinski definition) is 2. The summed E-state index contributed by atoms with van der Waals surface area (Å²) in [5.74, 6) is 0. The van der Waals surface area contributed by atoms with Gasteiger partial charge < -0.3 is 19.9 Å². The van der Waals surface area contributed by atoms with E-state index >= 15 is 0 Å². The average molecular weight is 273 g/mol. The van der Waals surface area contributed by atoms with E-state index in [-0.39, 0.29) is 5.54 Å². The SMILES string of the molecule is COCC(C)(C)NCC(O)COCc1cccs1. The van der Waals surface area contributed by atoms with Crippen LogP contribution in [0.2, 0.25) is 0 Å². The lowest BCUT2D eigenvalue weighted by atomic mass is 10.1. The van der Waals surface area contributed by atoms with Crippen molar-refractivity contribution in [3.63, 3.8) is 0 Å². The Kier molecular flexibility index (Phi) is 6.81. The lowest BCUT2D eigenvalue weighted by Gasteiger charge is -2.26. The van der Waals surface area contributed by atoms with Crippen LogP contribution in [0.5, 0.6) is 0 Å². The molecule has 0 aliphatic rings. The molecule has 18 heavy (non-hydrogen) atoms. The fraction of sp³-hybridized carbons (Fsp3) is 0.692. The number of hydrogen-bond acceptors (Lipinski definition) is 5. The van der Waals surface area contributed by atoms with E-state index in [1.807, 2.05) is 31.4 Å². The molecule has 0 spiro atoms. The molecule has 4 nitrogen and oxygen atoms in total. The van der Waals surface area contributed by atoms with Crippen LogP contribution >= 0.6 is 11.3 Å². The van der Waals surface area contributed by atoms with Crippen LogP contribution in [0.3, 0.4) is 0 Å². The van der Waals surface area contributed by atoms with Crippen molar-refractivity contribution >= 4 is 11.3 Å². The summed E-state index contributed by atoms with van der Waals surface area (Å²) in [6.45, 7) is 6.09. The third kappa shape index (κ3) is 6.47. The van der Waals surface area contributed by atoms with Gasteiger partial charge in [0.25, 0.3) is 0 Å². The summed E-state index contributed by atoms with van der Waals surface area (Å²) in [4.78, 5) is 1.18. The number of β-amino-alcohol motifs (C(OH)–C–C–N with tert-alkyl or cyclic N) is 1. The van der Waals surface area contributed by atoms with Gasteiger partial charge in [-0.3, -0.25) is 0 Å². The highest BCUT2D eigenvalue weighted by Crippen LogP contribution is 2.09. The zero-order chi connectivity index (χ0) is 13.4. The molecule has 2 N–H and O–H groups in total. The summed E-state index contributed by atoms with van der Waals surface area (Å²) in [5, 5.41) is 15.1. The lowest BCUT2D eigenvalue weighted by Crippen LogP contribution is -2.47. The zero-order valence-electron chi connectivity index (χ0n) is 11.3. The third-order valence-electron chi connectivity index (χ3n) is 2.46. The Morgan fingerprint density at radius 2 is 2.28 bits per heavy atom. The van der Waals surface area contributed by atoms with Gasteiger partial charge in [-0.1, -0.05) is 6.07 Å². The summed E-state index contributed by atoms with van der Waals surface area (Å²) in [6, 6.07) is 4.02. The van der Waals surface area contributed by atoms with Gasteiger partial charge in [0.15, 0.2) is 0 Å². The molecule has 0 radical (unpaired) electrons. The molecular weight excluding hydrogens is 250 g/mol. The lowest BCUT2D eigenvalue weighted by molar-refractivity contribution is 0.0230. The molecule has 1 rings (SSSR count). The van der Waals surface area contributed by atoms with Gasteiger partial charge in [-0.2, -0.15) is 0 Å². The Morgan fingerprint density at radius 3 is 2.89 bits per heavy atom. The maximum absolute atomic E-state index is 9.78. The normalized spacial score (nSPS) is 13.8. The number of ether oxygens (including phenoxy) is 2. The summed E-state index contributed by atoms with van der Waals surface area (Å²) in [6.07, 6.45) is -0.499. The summed E-state index contributed by atoms with van der Waals surface area (Å²) >= 11 is 1.66. The number of aliphatic hydroxyl groups excluding tert-OH is 1. The fourth-order valence-corrected chi connectivity index (χ4v) is 2.20. The van der Waals surface area contributed by atoms with E-state index in [2.05, 4.69) is 5.32 Å². The highest BCUT2D eigenvalue weighted by molar-refractivity contribution is 7.09. The van der Waals surface area contributed by atoms with E-state index in [1.54, 1.807) is 18.4 Å². The Balaban J connectivity index is 2.12. The molecule has 0 fully saturated rings. The van der Waals surface area contributed by atoms with E-state index in [1.165, 1.54) is 4.88 Å². The fourth-order valence-electron chi connectivity index (χ4n) is 1.56. The van der Waals surface area contributed by atoms with Crippen LogP contribution in [-0.2, 0) is 16.1 Å². The molecule has 1 unspecified atom stereocenters. The first-order chi connectivity index (χ1) is 8.53. The van der Waals surface area contributed by atoms with E-state index in [0.717, 1.165) is 0 Å². The van der Waals surface area contributed by atoms with E-state index in [9.17, 15) is 5.11 Å². The molecule has 5 heteroatoms. The highest BCUT2D eigenvalue weighted by atomic mass is 32.1. The number of thiophene rings is 1. The van der Waals surface area contributed by atoms with E-state index < -0.39 is 6.10 Å². The molecular formula is C13H23NO3S. The first kappa shape index (κ1) is 15.6. The molecule has 1 aromatic heterocycles. The van der Waals surface area contributed by atoms with Gasteiger partial charge in [-0.15, -0.1) is 11.3 Å². The standard InChI is InChI=1S/C13H23NO3S/c1-13(2,10-16-3)14-7-11(15)8-17-9-12-5-4-6-18-12/h4-6,11,14-15H,7-10H2,1-3H3. The number of aliphatic hydroxyl groups is 1. The van der Waals surface area contributed by atoms with Crippen molar-refractivity contribution < 1.29 is 14.6 Å². The van der Waals surface area contributed by atoms with Crippen molar-refractivity contribution in [2.45, 2.75) is 32.1 Å². The largest absolute Gasteiger partial charge is 0.389 e. The zero-order valence-corrected chi connectivity index (χ0v) is 12.1. The molecule has 0 saturated heterocycles. The quantitative estimate of drug-likeness (QED) is 0.718. The predicted octanol–water partition coefficient (Wildman–Crippen LogP) is 1.64. The molecule has 104 valence electrons. The molecule has 0 aromatic carbocycles. The van der Waals surface area contributed by atoms with Crippen LogP contribution in [-0.4, -0.2) is 43.6 Å². The Labute approximate surface area is 113 Å². The summed E-state index contributed by atoms with van der Waals surface area (Å²) in [5.41, 5.74) is -0.135. The molecule has 0 aliphatic heterocycles. The topological polar surface area (TPSA) is 50.7 Å². The Morgan fingerprint density at radius 1 is 1.50 bits per heavy atom. The van der Waals surface area contributed by atoms with Gasteiger partial charge in [-0.05, 0) is 25.3 Å². The predicted molar refractivity (Wildman–Crippen MR) is 73.9 cm³/mol. The van der Waals surface area contributed by atoms with Crippen LogP contribution in [0.1, 0.15) is 18.7 Å². The second-order valence-corrected chi connectivity index (χ2v) is 5.98. The van der Waals surface area contributed by atoms with Crippen LogP contribution in [0.15, 0.2) is 17.5 Å². The molecule has 0 bridgehead atoms. The smallest absolute Gasteiger partial charge is 0.0898 e. The molecule has 1 heterocycles. The average Bonchev–Trinajstić information content (AvgIpc) is 2.79. The minimum atomic E-state index is -0.499. The highest BCUT2D eigenvalue weighted by Gasteiger charge is 2.18. The first-order valence-electron chi connectivity index (χ1n) is 6.05. The van der Waals surface area contributed by atoms with E-state index in [4.69, 9.17) is 9.47 Å². The van der Waals surface area contributed by atoms with Gasteiger partial charge in [0.1, 0.15) is 0 Å². The van der Waals surface area contributed by atoms with Crippen molar-refractivity contribution in [3.05, 3.63) is 22.4 Å². The van der Waals surface area contributed by atoms with Crippen LogP contribution in [0.25, 0.3) is 0 Å². The van der Waals surface area contributed by atoms with Gasteiger partial charge in [0.05, 0.1) is 25.9 Å². The molecule has 0 saturated carbocycles. The third-order valence-corrected chi connectivity index (χ3v) is 3.31. The van der Waals surface area contributed by atoms with Crippen molar-refractivity contribution in [1.82, 2.24) is 5.32 Å². The number of methoxy groups -OCH3 is 1. The van der Waals surface area contributed by atoms with Crippen molar-refractivity contribution in [2.75, 3.05) is 26.9 Å². The molecule has 1 aromatic rings. The van der Waals surface area contributed by atoms with Crippen LogP contribution in [0, 0.1) is 0 Å². The van der Waals surface area contributed by atoms with Gasteiger partial charge in [0, 0.05) is 24.1 Å². The van der Waals surface area contributed by atoms with Crippen molar-refractivity contribution in [3.8, 4) is 0 Å². The van der Waals surface area contributed by atoms with E-state index in [0.29, 0.717) is 26.4 Å². The Bertz CT molecular complexity index is 314. The van der Waals surface area contributed by atoms with Gasteiger partial charge in [-0.25, -0.2) is 0 Å². The minimum absolute atomic E-state index is 0.135. The Hall–Kier alpha value is -0.460. The second-order valence-electron chi connectivity index (χ2n) is 4.95. The van der Waals surface area contributed by atoms with Crippen LogP contribution < -0.4 is 5.32 Å². The first-order valence-corrected chi connectivity index (χ1v) is 6.93. The van der Waals surface area contributed by atoms with Crippen LogP contribution in [0.4, 0.5) is 0 Å². The van der Waals surface area contributed by atoms with Crippen molar-refractivity contribution in [2.24, 2.45) is 0 Å². The molecule has 0 amide bonds. The summed E-state index contributed by atoms with van der Waals surface area (Å²) < 4.78 is 10.5. The number of nitrogens with one attached hydrogen (secondary N) is 1. The van der Waals surface area contributed by atoms with Gasteiger partial charge >= 0.3 is 0 Å². The van der Waals surface area contributed by atoms with Gasteiger partial charge in [0.2, 0.25) is 0 Å². The monoisotopic (exact) mass is 273 g/mol. The second kappa shape index (κ2) is 7.86. The van der Waals surface area contributed by atoms with Crippen molar-refractivity contribution in [1.29, 1.82) is 0 Å². The molecule has 0 aliphatic carbocycles. The number of rotatable bonds is 9. The maximum Gasteiger partial charge on any atom is 0.0898 e. The summed E-state index contributed by atoms with van der Waals surface area (Å²) in [7, 11) is 1.67.